The van der Waals surface area contributed by atoms with Crippen LogP contribution in [0.3, 0.4) is 0 Å². The number of fused-ring (bicyclic) bond motifs is 2. The fourth-order valence-electron chi connectivity index (χ4n) is 6.19. The number of carbonyl (C=O) groups is 5. The summed E-state index contributed by atoms with van der Waals surface area (Å²) in [5.74, 6) is -2.18. The smallest absolute Gasteiger partial charge is 0.262 e. The highest BCUT2D eigenvalue weighted by Crippen LogP contribution is 2.33. The van der Waals surface area contributed by atoms with E-state index < -0.39 is 29.7 Å². The van der Waals surface area contributed by atoms with E-state index in [1.807, 2.05) is 54.6 Å². The molecule has 2 unspecified atom stereocenters. The summed E-state index contributed by atoms with van der Waals surface area (Å²) in [5, 5.41) is 6.43. The number of benzene rings is 2. The molecule has 0 radical (unpaired) electrons. The van der Waals surface area contributed by atoms with Gasteiger partial charge in [-0.1, -0.05) is 48.5 Å². The predicted octanol–water partition coefficient (Wildman–Crippen LogP) is 4.33. The topological polar surface area (TPSA) is 138 Å². The first-order valence-corrected chi connectivity index (χ1v) is 16.1. The normalized spacial score (nSPS) is 16.7. The number of carbonyl (C=O) groups excluding carboxylic acids is 5. The molecule has 234 valence electrons. The number of hydrogen-bond donors (Lipinski definition) is 2. The second-order valence-corrected chi connectivity index (χ2v) is 12.7. The van der Waals surface area contributed by atoms with Crippen LogP contribution < -0.4 is 10.6 Å². The average molecular weight is 644 g/mol. The fourth-order valence-corrected chi connectivity index (χ4v) is 7.27. The van der Waals surface area contributed by atoms with Crippen LogP contribution >= 0.6 is 11.3 Å². The van der Waals surface area contributed by atoms with Gasteiger partial charge in [-0.15, -0.1) is 11.3 Å². The Balaban J connectivity index is 1.01. The summed E-state index contributed by atoms with van der Waals surface area (Å²) in [4.78, 5) is 75.5. The van der Waals surface area contributed by atoms with E-state index in [1.165, 1.54) is 0 Å². The number of aryl methyl sites for hydroxylation is 2. The lowest BCUT2D eigenvalue weighted by Crippen LogP contribution is -2.54. The average Bonchev–Trinajstić information content (AvgIpc) is 3.62. The number of nitrogens with one attached hydrogen (secondary N) is 2. The van der Waals surface area contributed by atoms with E-state index in [2.05, 4.69) is 26.7 Å². The number of rotatable bonds is 9. The van der Waals surface area contributed by atoms with E-state index in [0.717, 1.165) is 42.2 Å². The Bertz CT molecular complexity index is 2010. The summed E-state index contributed by atoms with van der Waals surface area (Å²) in [6.45, 7) is 0. The van der Waals surface area contributed by atoms with Crippen molar-refractivity contribution < 1.29 is 24.0 Å². The Labute approximate surface area is 273 Å². The van der Waals surface area contributed by atoms with Gasteiger partial charge in [0.05, 0.1) is 23.6 Å². The molecule has 0 bridgehead atoms. The fraction of sp³-hybridized carbons (Fsp3) is 0.194. The molecule has 1 fully saturated rings. The molecule has 2 aliphatic rings. The molecule has 0 aliphatic carbocycles. The number of hydrogen-bond acceptors (Lipinski definition) is 8. The lowest BCUT2D eigenvalue weighted by molar-refractivity contribution is -0.136. The Kier molecular flexibility index (Phi) is 8.13. The molecule has 2 atom stereocenters. The molecule has 47 heavy (non-hydrogen) atoms. The molecular weight excluding hydrogens is 614 g/mol. The minimum absolute atomic E-state index is 0.0725. The van der Waals surface area contributed by atoms with Gasteiger partial charge in [0.15, 0.2) is 0 Å². The second-order valence-electron chi connectivity index (χ2n) is 11.6. The molecular formula is C36H29N5O5S. The molecule has 0 spiro atoms. The molecule has 10 nitrogen and oxygen atoms in total. The van der Waals surface area contributed by atoms with Gasteiger partial charge in [0.2, 0.25) is 17.7 Å². The minimum Gasteiger partial charge on any atom is -0.344 e. The van der Waals surface area contributed by atoms with Crippen molar-refractivity contribution in [1.29, 1.82) is 0 Å². The second kappa shape index (κ2) is 12.7. The summed E-state index contributed by atoms with van der Waals surface area (Å²) in [7, 11) is 0. The molecule has 7 rings (SSSR count). The number of imide groups is 2. The summed E-state index contributed by atoms with van der Waals surface area (Å²) in [6.07, 6.45) is 6.71. The zero-order valence-corrected chi connectivity index (χ0v) is 26.0. The van der Waals surface area contributed by atoms with Gasteiger partial charge in [-0.05, 0) is 65.8 Å². The van der Waals surface area contributed by atoms with E-state index in [0.29, 0.717) is 18.4 Å². The van der Waals surface area contributed by atoms with Crippen LogP contribution in [-0.2, 0) is 33.6 Å². The van der Waals surface area contributed by atoms with E-state index >= 15 is 0 Å². The summed E-state index contributed by atoms with van der Waals surface area (Å²) in [6, 6.07) is 21.3. The van der Waals surface area contributed by atoms with Crippen LogP contribution in [0.4, 0.5) is 0 Å². The number of nitrogens with zero attached hydrogens (tertiary/aromatic N) is 3. The minimum atomic E-state index is -1.00. The molecule has 5 amide bonds. The first-order chi connectivity index (χ1) is 22.9. The summed E-state index contributed by atoms with van der Waals surface area (Å²) < 4.78 is 0. The van der Waals surface area contributed by atoms with Gasteiger partial charge in [0, 0.05) is 35.3 Å². The number of aromatic nitrogens is 2. The van der Waals surface area contributed by atoms with Crippen molar-refractivity contribution >= 4 is 51.1 Å². The highest BCUT2D eigenvalue weighted by Gasteiger charge is 2.45. The lowest BCUT2D eigenvalue weighted by atomic mass is 9.96. The molecule has 1 saturated heterocycles. The highest BCUT2D eigenvalue weighted by molar-refractivity contribution is 7.18. The van der Waals surface area contributed by atoms with Crippen LogP contribution in [0, 0.1) is 0 Å². The monoisotopic (exact) mass is 643 g/mol. The third kappa shape index (κ3) is 6.05. The van der Waals surface area contributed by atoms with Crippen molar-refractivity contribution in [3.05, 3.63) is 130 Å². The van der Waals surface area contributed by atoms with Crippen LogP contribution in [0.2, 0.25) is 0 Å². The van der Waals surface area contributed by atoms with Gasteiger partial charge in [-0.2, -0.15) is 0 Å². The standard InChI is InChI=1S/C36H29N5O5S/c42-29-15-14-27(33(44)40-29)41-35(45)26-7-1-4-23(31(26)36(41)46)13-12-21-8-10-22(11-9-21)18-30(43)39-32(25-6-2-16-37-20-25)28-19-24-5-3-17-38-34(24)47-28/h1-11,16-17,19-20,27,32H,12-15,18H2,(H,39,43)(H,40,42,44). The van der Waals surface area contributed by atoms with Crippen LogP contribution in [0.1, 0.15) is 66.7 Å². The first kappa shape index (κ1) is 30.1. The van der Waals surface area contributed by atoms with Crippen LogP contribution in [-0.4, -0.2) is 50.4 Å². The summed E-state index contributed by atoms with van der Waals surface area (Å²) in [5.41, 5.74) is 4.06. The number of thiophene rings is 1. The quantitative estimate of drug-likeness (QED) is 0.228. The van der Waals surface area contributed by atoms with Crippen molar-refractivity contribution in [3.63, 3.8) is 0 Å². The SMILES string of the molecule is O=C1CCC(N2C(=O)c3cccc(CCc4ccc(CC(=O)NC(c5cccnc5)c5cc6cccnc6s5)cc4)c3C2=O)C(=O)N1. The van der Waals surface area contributed by atoms with Gasteiger partial charge in [-0.25, -0.2) is 4.98 Å². The maximum absolute atomic E-state index is 13.4. The zero-order chi connectivity index (χ0) is 32.5. The Morgan fingerprint density at radius 3 is 2.51 bits per heavy atom. The summed E-state index contributed by atoms with van der Waals surface area (Å²) >= 11 is 1.54. The van der Waals surface area contributed by atoms with Gasteiger partial charge in [0.1, 0.15) is 10.9 Å². The molecule has 5 aromatic rings. The maximum Gasteiger partial charge on any atom is 0.262 e. The molecule has 0 saturated carbocycles. The van der Waals surface area contributed by atoms with E-state index in [4.69, 9.17) is 0 Å². The lowest BCUT2D eigenvalue weighted by Gasteiger charge is -2.27. The molecule has 2 aliphatic heterocycles. The van der Waals surface area contributed by atoms with Crippen LogP contribution in [0.15, 0.2) is 91.4 Å². The molecule has 2 aromatic carbocycles. The molecule has 5 heterocycles. The first-order valence-electron chi connectivity index (χ1n) is 15.3. The predicted molar refractivity (Wildman–Crippen MR) is 175 cm³/mol. The van der Waals surface area contributed by atoms with Crippen LogP contribution in [0.5, 0.6) is 0 Å². The Morgan fingerprint density at radius 2 is 1.74 bits per heavy atom. The van der Waals surface area contributed by atoms with Gasteiger partial charge in [-0.3, -0.25) is 39.2 Å². The van der Waals surface area contributed by atoms with Crippen molar-refractivity contribution in [1.82, 2.24) is 25.5 Å². The van der Waals surface area contributed by atoms with Crippen molar-refractivity contribution in [2.45, 2.75) is 44.2 Å². The van der Waals surface area contributed by atoms with Crippen molar-refractivity contribution in [3.8, 4) is 0 Å². The number of pyridine rings is 2. The molecule has 3 aromatic heterocycles. The zero-order valence-electron chi connectivity index (χ0n) is 25.1. The molecule has 11 heteroatoms. The van der Waals surface area contributed by atoms with Gasteiger partial charge < -0.3 is 5.32 Å². The van der Waals surface area contributed by atoms with E-state index in [-0.39, 0.29) is 36.8 Å². The Hall–Kier alpha value is -5.55. The highest BCUT2D eigenvalue weighted by atomic mass is 32.1. The third-order valence-electron chi connectivity index (χ3n) is 8.55. The third-order valence-corrected chi connectivity index (χ3v) is 9.67. The van der Waals surface area contributed by atoms with E-state index in [9.17, 15) is 24.0 Å². The van der Waals surface area contributed by atoms with Crippen molar-refractivity contribution in [2.24, 2.45) is 0 Å². The van der Waals surface area contributed by atoms with Gasteiger partial charge in [0.25, 0.3) is 11.8 Å². The maximum atomic E-state index is 13.4. The Morgan fingerprint density at radius 1 is 0.936 bits per heavy atom. The number of amides is 5. The van der Waals surface area contributed by atoms with E-state index in [1.54, 1.807) is 42.1 Å². The molecule has 2 N–H and O–H groups in total. The van der Waals surface area contributed by atoms with Crippen molar-refractivity contribution in [2.75, 3.05) is 0 Å². The van der Waals surface area contributed by atoms with Gasteiger partial charge >= 0.3 is 0 Å². The number of piperidine rings is 1. The largest absolute Gasteiger partial charge is 0.344 e. The van der Waals surface area contributed by atoms with Crippen LogP contribution in [0.25, 0.3) is 10.2 Å².